The van der Waals surface area contributed by atoms with Crippen molar-refractivity contribution in [3.63, 3.8) is 0 Å². The molecule has 112 valence electrons. The Kier molecular flexibility index (Phi) is 4.65. The van der Waals surface area contributed by atoms with Crippen LogP contribution >= 0.6 is 0 Å². The van der Waals surface area contributed by atoms with Crippen LogP contribution in [-0.2, 0) is 7.05 Å². The van der Waals surface area contributed by atoms with E-state index >= 15 is 0 Å². The fourth-order valence-corrected chi connectivity index (χ4v) is 2.90. The maximum Gasteiger partial charge on any atom is 0.320 e. The number of urea groups is 1. The van der Waals surface area contributed by atoms with Gasteiger partial charge < -0.3 is 10.4 Å². The van der Waals surface area contributed by atoms with Gasteiger partial charge >= 0.3 is 6.03 Å². The lowest BCUT2D eigenvalue weighted by Gasteiger charge is -2.39. The highest BCUT2D eigenvalue weighted by Crippen LogP contribution is 2.32. The van der Waals surface area contributed by atoms with Gasteiger partial charge in [0.25, 0.3) is 0 Å². The molecular weight excluding hydrogens is 256 g/mol. The van der Waals surface area contributed by atoms with Crippen LogP contribution in [0.4, 0.5) is 10.6 Å². The Labute approximate surface area is 119 Å². The third kappa shape index (κ3) is 3.50. The fraction of sp³-hybridized carbons (Fsp3) is 0.714. The molecule has 0 bridgehead atoms. The van der Waals surface area contributed by atoms with E-state index in [9.17, 15) is 9.90 Å². The molecule has 6 heteroatoms. The number of hydrogen-bond acceptors (Lipinski definition) is 3. The number of hydrogen-bond donors (Lipinski definition) is 3. The van der Waals surface area contributed by atoms with Gasteiger partial charge in [0.1, 0.15) is 0 Å². The molecule has 0 aromatic carbocycles. The van der Waals surface area contributed by atoms with Crippen LogP contribution in [0.25, 0.3) is 0 Å². The standard InChI is InChI=1S/C14H24N4O2/c1-14(10-19,11-6-4-3-5-7-11)16-13(20)15-12-8-9-18(2)17-12/h8-9,11,19H,3-7,10H2,1-2H3,(H2,15,16,17,20)/t14-/m0/s1. The lowest BCUT2D eigenvalue weighted by molar-refractivity contribution is 0.103. The smallest absolute Gasteiger partial charge is 0.320 e. The lowest BCUT2D eigenvalue weighted by Crippen LogP contribution is -2.55. The van der Waals surface area contributed by atoms with Crippen molar-refractivity contribution >= 4 is 11.8 Å². The quantitative estimate of drug-likeness (QED) is 0.787. The molecule has 1 saturated carbocycles. The highest BCUT2D eigenvalue weighted by Gasteiger charge is 2.35. The van der Waals surface area contributed by atoms with Gasteiger partial charge in [-0.15, -0.1) is 0 Å². The normalized spacial score (nSPS) is 19.4. The molecule has 1 aliphatic carbocycles. The van der Waals surface area contributed by atoms with Crippen LogP contribution in [0.3, 0.4) is 0 Å². The summed E-state index contributed by atoms with van der Waals surface area (Å²) < 4.78 is 1.63. The molecule has 0 spiro atoms. The molecule has 1 aromatic rings. The first kappa shape index (κ1) is 14.8. The van der Waals surface area contributed by atoms with E-state index in [0.717, 1.165) is 12.8 Å². The molecular formula is C14H24N4O2. The molecule has 1 aliphatic rings. The largest absolute Gasteiger partial charge is 0.394 e. The maximum atomic E-state index is 12.1. The van der Waals surface area contributed by atoms with E-state index in [-0.39, 0.29) is 12.6 Å². The molecule has 1 fully saturated rings. The van der Waals surface area contributed by atoms with Crippen LogP contribution in [0.1, 0.15) is 39.0 Å². The van der Waals surface area contributed by atoms with Crippen molar-refractivity contribution in [3.8, 4) is 0 Å². The third-order valence-corrected chi connectivity index (χ3v) is 4.19. The van der Waals surface area contributed by atoms with Gasteiger partial charge in [0.2, 0.25) is 0 Å². The summed E-state index contributed by atoms with van der Waals surface area (Å²) in [5.41, 5.74) is -0.570. The molecule has 2 amide bonds. The average Bonchev–Trinajstić information content (AvgIpc) is 2.84. The SMILES string of the molecule is Cn1ccc(NC(=O)N[C@@](C)(CO)C2CCCCC2)n1. The molecule has 3 N–H and O–H groups in total. The van der Waals surface area contributed by atoms with Crippen molar-refractivity contribution in [1.82, 2.24) is 15.1 Å². The van der Waals surface area contributed by atoms with Gasteiger partial charge in [-0.05, 0) is 25.7 Å². The van der Waals surface area contributed by atoms with Crippen LogP contribution in [0.5, 0.6) is 0 Å². The number of anilines is 1. The zero-order valence-corrected chi connectivity index (χ0v) is 12.2. The van der Waals surface area contributed by atoms with E-state index in [0.29, 0.717) is 11.7 Å². The first-order valence-electron chi connectivity index (χ1n) is 7.23. The van der Waals surface area contributed by atoms with Crippen molar-refractivity contribution < 1.29 is 9.90 Å². The van der Waals surface area contributed by atoms with E-state index in [4.69, 9.17) is 0 Å². The second-order valence-electron chi connectivity index (χ2n) is 5.86. The Morgan fingerprint density at radius 2 is 2.20 bits per heavy atom. The topological polar surface area (TPSA) is 79.2 Å². The number of carbonyl (C=O) groups excluding carboxylic acids is 1. The van der Waals surface area contributed by atoms with Gasteiger partial charge in [0, 0.05) is 19.3 Å². The predicted molar refractivity (Wildman–Crippen MR) is 77.4 cm³/mol. The summed E-state index contributed by atoms with van der Waals surface area (Å²) in [6.07, 6.45) is 7.47. The Hall–Kier alpha value is -1.56. The molecule has 0 aliphatic heterocycles. The fourth-order valence-electron chi connectivity index (χ4n) is 2.90. The second kappa shape index (κ2) is 6.26. The Morgan fingerprint density at radius 3 is 2.75 bits per heavy atom. The molecule has 6 nitrogen and oxygen atoms in total. The number of aliphatic hydroxyl groups is 1. The molecule has 20 heavy (non-hydrogen) atoms. The Bertz CT molecular complexity index is 454. The number of amides is 2. The summed E-state index contributed by atoms with van der Waals surface area (Å²) in [7, 11) is 1.79. The number of aliphatic hydroxyl groups excluding tert-OH is 1. The lowest BCUT2D eigenvalue weighted by atomic mass is 9.76. The van der Waals surface area contributed by atoms with Gasteiger partial charge in [0.15, 0.2) is 5.82 Å². The van der Waals surface area contributed by atoms with Gasteiger partial charge in [0.05, 0.1) is 12.1 Å². The van der Waals surface area contributed by atoms with E-state index in [1.54, 1.807) is 24.0 Å². The molecule has 1 aromatic heterocycles. The van der Waals surface area contributed by atoms with Gasteiger partial charge in [-0.2, -0.15) is 5.10 Å². The van der Waals surface area contributed by atoms with Crippen LogP contribution in [0.15, 0.2) is 12.3 Å². The van der Waals surface area contributed by atoms with Crippen LogP contribution < -0.4 is 10.6 Å². The van der Waals surface area contributed by atoms with E-state index in [2.05, 4.69) is 15.7 Å². The van der Waals surface area contributed by atoms with E-state index < -0.39 is 5.54 Å². The van der Waals surface area contributed by atoms with Gasteiger partial charge in [-0.1, -0.05) is 19.3 Å². The van der Waals surface area contributed by atoms with Crippen molar-refractivity contribution in [3.05, 3.63) is 12.3 Å². The minimum Gasteiger partial charge on any atom is -0.394 e. The van der Waals surface area contributed by atoms with E-state index in [1.165, 1.54) is 19.3 Å². The molecule has 1 heterocycles. The van der Waals surface area contributed by atoms with Crippen LogP contribution in [0, 0.1) is 5.92 Å². The summed E-state index contributed by atoms with van der Waals surface area (Å²) in [6.45, 7) is 1.87. The van der Waals surface area contributed by atoms with Crippen molar-refractivity contribution in [2.75, 3.05) is 11.9 Å². The first-order valence-corrected chi connectivity index (χ1v) is 7.23. The summed E-state index contributed by atoms with van der Waals surface area (Å²) in [6, 6.07) is 1.42. The highest BCUT2D eigenvalue weighted by atomic mass is 16.3. The van der Waals surface area contributed by atoms with Gasteiger partial charge in [-0.3, -0.25) is 10.00 Å². The zero-order chi connectivity index (χ0) is 14.6. The van der Waals surface area contributed by atoms with Gasteiger partial charge in [-0.25, -0.2) is 4.79 Å². The zero-order valence-electron chi connectivity index (χ0n) is 12.2. The Balaban J connectivity index is 1.95. The summed E-state index contributed by atoms with van der Waals surface area (Å²) >= 11 is 0. The number of carbonyl (C=O) groups is 1. The molecule has 0 saturated heterocycles. The minimum atomic E-state index is -0.570. The maximum absolute atomic E-state index is 12.1. The van der Waals surface area contributed by atoms with Crippen molar-refractivity contribution in [2.45, 2.75) is 44.6 Å². The molecule has 2 rings (SSSR count). The van der Waals surface area contributed by atoms with E-state index in [1.807, 2.05) is 6.92 Å². The van der Waals surface area contributed by atoms with Crippen molar-refractivity contribution in [2.24, 2.45) is 13.0 Å². The monoisotopic (exact) mass is 280 g/mol. The second-order valence-corrected chi connectivity index (χ2v) is 5.86. The van der Waals surface area contributed by atoms with Crippen LogP contribution in [0.2, 0.25) is 0 Å². The number of rotatable bonds is 4. The van der Waals surface area contributed by atoms with Crippen LogP contribution in [-0.4, -0.2) is 33.1 Å². The Morgan fingerprint density at radius 1 is 1.50 bits per heavy atom. The number of nitrogens with zero attached hydrogens (tertiary/aromatic N) is 2. The predicted octanol–water partition coefficient (Wildman–Crippen LogP) is 1.87. The third-order valence-electron chi connectivity index (χ3n) is 4.19. The number of aryl methyl sites for hydroxylation is 1. The van der Waals surface area contributed by atoms with Crippen molar-refractivity contribution in [1.29, 1.82) is 0 Å². The summed E-state index contributed by atoms with van der Waals surface area (Å²) in [5.74, 6) is 0.838. The highest BCUT2D eigenvalue weighted by molar-refractivity contribution is 5.88. The molecule has 0 unspecified atom stereocenters. The molecule has 0 radical (unpaired) electrons. The number of aromatic nitrogens is 2. The minimum absolute atomic E-state index is 0.0483. The summed E-state index contributed by atoms with van der Waals surface area (Å²) in [5, 5.41) is 19.4. The molecule has 1 atom stereocenters. The summed E-state index contributed by atoms with van der Waals surface area (Å²) in [4.78, 5) is 12.1. The first-order chi connectivity index (χ1) is 9.53. The number of nitrogens with one attached hydrogen (secondary N) is 2. The average molecular weight is 280 g/mol.